The molecule has 2 rings (SSSR count). The highest BCUT2D eigenvalue weighted by Gasteiger charge is 2.29. The molecule has 4 nitrogen and oxygen atoms in total. The average Bonchev–Trinajstić information content (AvgIpc) is 2.41. The molecule has 1 aromatic carbocycles. The van der Waals surface area contributed by atoms with Crippen molar-refractivity contribution in [3.05, 3.63) is 34.9 Å². The molecule has 19 heavy (non-hydrogen) atoms. The second-order valence-corrected chi connectivity index (χ2v) is 5.44. The maximum atomic E-state index is 9.29. The molecule has 0 amide bonds. The van der Waals surface area contributed by atoms with Crippen molar-refractivity contribution in [2.75, 3.05) is 26.2 Å². The minimum absolute atomic E-state index is 0.0404. The standard InChI is InChI=1S/C14H21ClN2O2/c1-10-7-17(8-13(9-18)19-10)14(6-16)11-2-4-12(15)5-3-11/h2-5,10,13-14,18H,6-9,16H2,1H3. The van der Waals surface area contributed by atoms with E-state index in [4.69, 9.17) is 22.1 Å². The van der Waals surface area contributed by atoms with E-state index in [1.54, 1.807) is 0 Å². The second kappa shape index (κ2) is 6.68. The van der Waals surface area contributed by atoms with Crippen LogP contribution in [0.5, 0.6) is 0 Å². The Labute approximate surface area is 119 Å². The van der Waals surface area contributed by atoms with Gasteiger partial charge >= 0.3 is 0 Å². The number of benzene rings is 1. The second-order valence-electron chi connectivity index (χ2n) is 5.01. The lowest BCUT2D eigenvalue weighted by molar-refractivity contribution is -0.105. The van der Waals surface area contributed by atoms with E-state index in [2.05, 4.69) is 4.90 Å². The van der Waals surface area contributed by atoms with Crippen molar-refractivity contribution in [1.29, 1.82) is 0 Å². The number of rotatable bonds is 4. The van der Waals surface area contributed by atoms with Crippen LogP contribution in [0.4, 0.5) is 0 Å². The summed E-state index contributed by atoms with van der Waals surface area (Å²) in [6.07, 6.45) is -0.0302. The number of morpholine rings is 1. The molecule has 106 valence electrons. The minimum Gasteiger partial charge on any atom is -0.394 e. The van der Waals surface area contributed by atoms with E-state index in [0.717, 1.165) is 17.1 Å². The number of nitrogens with two attached hydrogens (primary N) is 1. The van der Waals surface area contributed by atoms with Gasteiger partial charge in [0, 0.05) is 30.7 Å². The Hall–Kier alpha value is -0.650. The van der Waals surface area contributed by atoms with Crippen LogP contribution in [-0.4, -0.2) is 48.5 Å². The zero-order valence-electron chi connectivity index (χ0n) is 11.1. The lowest BCUT2D eigenvalue weighted by Gasteiger charge is -2.40. The predicted octanol–water partition coefficient (Wildman–Crippen LogP) is 1.42. The summed E-state index contributed by atoms with van der Waals surface area (Å²) in [6.45, 7) is 4.11. The van der Waals surface area contributed by atoms with Gasteiger partial charge in [0.1, 0.15) is 0 Å². The summed E-state index contributed by atoms with van der Waals surface area (Å²) in [5, 5.41) is 10.0. The molecule has 1 aliphatic heterocycles. The van der Waals surface area contributed by atoms with Crippen molar-refractivity contribution >= 4 is 11.6 Å². The van der Waals surface area contributed by atoms with Crippen molar-refractivity contribution in [2.24, 2.45) is 5.73 Å². The zero-order chi connectivity index (χ0) is 13.8. The predicted molar refractivity (Wildman–Crippen MR) is 76.2 cm³/mol. The van der Waals surface area contributed by atoms with Gasteiger partial charge in [-0.2, -0.15) is 0 Å². The van der Waals surface area contributed by atoms with Gasteiger partial charge in [-0.15, -0.1) is 0 Å². The van der Waals surface area contributed by atoms with Crippen molar-refractivity contribution in [3.8, 4) is 0 Å². The largest absolute Gasteiger partial charge is 0.394 e. The fourth-order valence-corrected chi connectivity index (χ4v) is 2.74. The van der Waals surface area contributed by atoms with Crippen LogP contribution < -0.4 is 5.73 Å². The third-order valence-corrected chi connectivity index (χ3v) is 3.73. The third kappa shape index (κ3) is 3.68. The topological polar surface area (TPSA) is 58.7 Å². The molecule has 1 heterocycles. The molecule has 3 N–H and O–H groups in total. The lowest BCUT2D eigenvalue weighted by Crippen LogP contribution is -2.50. The first-order chi connectivity index (χ1) is 9.13. The molecule has 1 fully saturated rings. The van der Waals surface area contributed by atoms with E-state index in [0.29, 0.717) is 13.1 Å². The summed E-state index contributed by atoms with van der Waals surface area (Å²) in [5.41, 5.74) is 7.08. The lowest BCUT2D eigenvalue weighted by atomic mass is 10.0. The van der Waals surface area contributed by atoms with E-state index in [1.165, 1.54) is 0 Å². The molecule has 0 bridgehead atoms. The number of ether oxygens (including phenoxy) is 1. The Morgan fingerprint density at radius 1 is 1.42 bits per heavy atom. The van der Waals surface area contributed by atoms with E-state index in [9.17, 15) is 5.11 Å². The molecule has 0 spiro atoms. The summed E-state index contributed by atoms with van der Waals surface area (Å²) >= 11 is 5.92. The molecule has 1 saturated heterocycles. The van der Waals surface area contributed by atoms with Gasteiger partial charge in [-0.05, 0) is 24.6 Å². The first-order valence-electron chi connectivity index (χ1n) is 6.60. The summed E-state index contributed by atoms with van der Waals surface area (Å²) in [6, 6.07) is 7.92. The Morgan fingerprint density at radius 3 is 2.68 bits per heavy atom. The summed E-state index contributed by atoms with van der Waals surface area (Å²) in [4.78, 5) is 2.28. The molecule has 3 atom stereocenters. The summed E-state index contributed by atoms with van der Waals surface area (Å²) in [5.74, 6) is 0. The zero-order valence-corrected chi connectivity index (χ0v) is 11.9. The van der Waals surface area contributed by atoms with Crippen molar-refractivity contribution in [2.45, 2.75) is 25.2 Å². The molecule has 1 aromatic rings. The molecule has 0 aliphatic carbocycles. The smallest absolute Gasteiger partial charge is 0.0936 e. The fourth-order valence-electron chi connectivity index (χ4n) is 2.62. The van der Waals surface area contributed by atoms with Crippen LogP contribution in [0.15, 0.2) is 24.3 Å². The Bertz CT molecular complexity index is 399. The third-order valence-electron chi connectivity index (χ3n) is 3.48. The Morgan fingerprint density at radius 2 is 2.11 bits per heavy atom. The highest BCUT2D eigenvalue weighted by Crippen LogP contribution is 2.25. The van der Waals surface area contributed by atoms with Crippen molar-refractivity contribution < 1.29 is 9.84 Å². The van der Waals surface area contributed by atoms with Crippen LogP contribution in [0.3, 0.4) is 0 Å². The van der Waals surface area contributed by atoms with Gasteiger partial charge in [-0.3, -0.25) is 4.90 Å². The van der Waals surface area contributed by atoms with Crippen LogP contribution in [-0.2, 0) is 4.74 Å². The molecule has 3 unspecified atom stereocenters. The highest BCUT2D eigenvalue weighted by atomic mass is 35.5. The van der Waals surface area contributed by atoms with Crippen LogP contribution >= 0.6 is 11.6 Å². The number of nitrogens with zero attached hydrogens (tertiary/aromatic N) is 1. The number of hydrogen-bond donors (Lipinski definition) is 2. The van der Waals surface area contributed by atoms with Gasteiger partial charge in [0.15, 0.2) is 0 Å². The van der Waals surface area contributed by atoms with Gasteiger partial charge in [-0.1, -0.05) is 23.7 Å². The van der Waals surface area contributed by atoms with Crippen LogP contribution in [0.2, 0.25) is 5.02 Å². The minimum atomic E-state index is -0.134. The molecule has 0 aromatic heterocycles. The molecule has 5 heteroatoms. The molecule has 1 aliphatic rings. The summed E-state index contributed by atoms with van der Waals surface area (Å²) in [7, 11) is 0. The molecule has 0 radical (unpaired) electrons. The number of hydrogen-bond acceptors (Lipinski definition) is 4. The van der Waals surface area contributed by atoms with Gasteiger partial charge in [0.2, 0.25) is 0 Å². The van der Waals surface area contributed by atoms with Crippen LogP contribution in [0, 0.1) is 0 Å². The Kier molecular flexibility index (Phi) is 5.19. The Balaban J connectivity index is 2.14. The highest BCUT2D eigenvalue weighted by molar-refractivity contribution is 6.30. The summed E-state index contributed by atoms with van der Waals surface area (Å²) < 4.78 is 5.66. The van der Waals surface area contributed by atoms with E-state index in [-0.39, 0.29) is 24.9 Å². The van der Waals surface area contributed by atoms with Gasteiger partial charge in [0.25, 0.3) is 0 Å². The first-order valence-corrected chi connectivity index (χ1v) is 6.97. The van der Waals surface area contributed by atoms with E-state index < -0.39 is 0 Å². The maximum absolute atomic E-state index is 9.29. The molecule has 0 saturated carbocycles. The number of aliphatic hydroxyl groups is 1. The molecular weight excluding hydrogens is 264 g/mol. The monoisotopic (exact) mass is 284 g/mol. The van der Waals surface area contributed by atoms with Crippen LogP contribution in [0.1, 0.15) is 18.5 Å². The normalized spacial score (nSPS) is 26.3. The molecular formula is C14H21ClN2O2. The van der Waals surface area contributed by atoms with Crippen molar-refractivity contribution in [1.82, 2.24) is 4.90 Å². The van der Waals surface area contributed by atoms with Gasteiger partial charge < -0.3 is 15.6 Å². The SMILES string of the molecule is CC1CN(C(CN)c2ccc(Cl)cc2)CC(CO)O1. The van der Waals surface area contributed by atoms with Gasteiger partial charge in [-0.25, -0.2) is 0 Å². The van der Waals surface area contributed by atoms with Gasteiger partial charge in [0.05, 0.1) is 18.8 Å². The maximum Gasteiger partial charge on any atom is 0.0936 e. The number of aliphatic hydroxyl groups excluding tert-OH is 1. The number of halogens is 1. The average molecular weight is 285 g/mol. The van der Waals surface area contributed by atoms with Crippen LogP contribution in [0.25, 0.3) is 0 Å². The quantitative estimate of drug-likeness (QED) is 0.878. The van der Waals surface area contributed by atoms with Crippen molar-refractivity contribution in [3.63, 3.8) is 0 Å². The first kappa shape index (κ1) is 14.8. The fraction of sp³-hybridized carbons (Fsp3) is 0.571. The van der Waals surface area contributed by atoms with E-state index in [1.807, 2.05) is 31.2 Å². The van der Waals surface area contributed by atoms with E-state index >= 15 is 0 Å².